The number of para-hydroxylation sites is 1. The third kappa shape index (κ3) is 2.28. The number of benzene rings is 2. The molecule has 0 spiro atoms. The van der Waals surface area contributed by atoms with Crippen LogP contribution in [-0.4, -0.2) is 10.5 Å². The van der Waals surface area contributed by atoms with Crippen molar-refractivity contribution in [3.63, 3.8) is 0 Å². The van der Waals surface area contributed by atoms with E-state index in [2.05, 4.69) is 4.57 Å². The number of amides is 1. The predicted molar refractivity (Wildman–Crippen MR) is 81.0 cm³/mol. The molecular formula is C16H13ClN2O. The van der Waals surface area contributed by atoms with Gasteiger partial charge < -0.3 is 10.3 Å². The molecule has 0 saturated carbocycles. The van der Waals surface area contributed by atoms with E-state index in [-0.39, 0.29) is 0 Å². The van der Waals surface area contributed by atoms with Gasteiger partial charge in [0.1, 0.15) is 0 Å². The lowest BCUT2D eigenvalue weighted by Gasteiger charge is -2.07. The lowest BCUT2D eigenvalue weighted by Crippen LogP contribution is -2.10. The zero-order valence-corrected chi connectivity index (χ0v) is 11.5. The quantitative estimate of drug-likeness (QED) is 0.787. The van der Waals surface area contributed by atoms with Crippen LogP contribution in [0.3, 0.4) is 0 Å². The minimum absolute atomic E-state index is 0.411. The second-order valence-electron chi connectivity index (χ2n) is 4.68. The number of rotatable bonds is 3. The van der Waals surface area contributed by atoms with Crippen molar-refractivity contribution in [2.45, 2.75) is 6.54 Å². The fraction of sp³-hybridized carbons (Fsp3) is 0.0625. The number of halogens is 1. The Labute approximate surface area is 121 Å². The van der Waals surface area contributed by atoms with Crippen LogP contribution in [0, 0.1) is 0 Å². The molecule has 20 heavy (non-hydrogen) atoms. The molecule has 0 aliphatic carbocycles. The van der Waals surface area contributed by atoms with Gasteiger partial charge in [0.25, 0.3) is 0 Å². The molecule has 0 saturated heterocycles. The van der Waals surface area contributed by atoms with Crippen LogP contribution in [0.2, 0.25) is 5.02 Å². The molecule has 2 aromatic carbocycles. The SMILES string of the molecule is NC(=O)c1ccc(Cn2ccc3cccc(Cl)c32)cc1. The first-order valence-corrected chi connectivity index (χ1v) is 6.65. The van der Waals surface area contributed by atoms with Gasteiger partial charge in [-0.05, 0) is 29.8 Å². The maximum Gasteiger partial charge on any atom is 0.248 e. The van der Waals surface area contributed by atoms with Crippen molar-refractivity contribution in [1.82, 2.24) is 4.57 Å². The highest BCUT2D eigenvalue weighted by Gasteiger charge is 2.06. The van der Waals surface area contributed by atoms with E-state index in [1.165, 1.54) is 0 Å². The molecule has 0 radical (unpaired) electrons. The first-order valence-electron chi connectivity index (χ1n) is 6.27. The van der Waals surface area contributed by atoms with Gasteiger partial charge in [0.2, 0.25) is 5.91 Å². The van der Waals surface area contributed by atoms with E-state index in [1.54, 1.807) is 12.1 Å². The Bertz CT molecular complexity index is 775. The second-order valence-corrected chi connectivity index (χ2v) is 5.09. The third-order valence-corrected chi connectivity index (χ3v) is 3.64. The summed E-state index contributed by atoms with van der Waals surface area (Å²) in [6.07, 6.45) is 2.01. The number of fused-ring (bicyclic) bond motifs is 1. The van der Waals surface area contributed by atoms with Gasteiger partial charge in [-0.2, -0.15) is 0 Å². The Hall–Kier alpha value is -2.26. The molecule has 3 aromatic rings. The molecular weight excluding hydrogens is 272 g/mol. The predicted octanol–water partition coefficient (Wildman–Crippen LogP) is 3.44. The smallest absolute Gasteiger partial charge is 0.248 e. The van der Waals surface area contributed by atoms with Crippen LogP contribution >= 0.6 is 11.6 Å². The van der Waals surface area contributed by atoms with Crippen molar-refractivity contribution in [3.8, 4) is 0 Å². The minimum Gasteiger partial charge on any atom is -0.366 e. The number of nitrogens with two attached hydrogens (primary N) is 1. The van der Waals surface area contributed by atoms with Gasteiger partial charge in [0.05, 0.1) is 10.5 Å². The summed E-state index contributed by atoms with van der Waals surface area (Å²) in [6.45, 7) is 0.701. The summed E-state index contributed by atoms with van der Waals surface area (Å²) in [5.41, 5.74) is 7.86. The molecule has 0 atom stereocenters. The Kier molecular flexibility index (Phi) is 3.20. The number of carbonyl (C=O) groups is 1. The van der Waals surface area contributed by atoms with E-state index >= 15 is 0 Å². The highest BCUT2D eigenvalue weighted by atomic mass is 35.5. The number of nitrogens with zero attached hydrogens (tertiary/aromatic N) is 1. The van der Waals surface area contributed by atoms with E-state index in [0.29, 0.717) is 12.1 Å². The number of primary amides is 1. The van der Waals surface area contributed by atoms with Crippen molar-refractivity contribution in [2.24, 2.45) is 5.73 Å². The lowest BCUT2D eigenvalue weighted by atomic mass is 10.1. The molecule has 2 N–H and O–H groups in total. The molecule has 0 aliphatic heterocycles. The van der Waals surface area contributed by atoms with Gasteiger partial charge >= 0.3 is 0 Å². The summed E-state index contributed by atoms with van der Waals surface area (Å²) in [5.74, 6) is -0.411. The summed E-state index contributed by atoms with van der Waals surface area (Å²) in [5, 5.41) is 1.85. The molecule has 1 amide bonds. The monoisotopic (exact) mass is 284 g/mol. The van der Waals surface area contributed by atoms with Crippen molar-refractivity contribution in [3.05, 3.63) is 70.9 Å². The van der Waals surface area contributed by atoms with Crippen LogP contribution < -0.4 is 5.73 Å². The largest absolute Gasteiger partial charge is 0.366 e. The number of hydrogen-bond acceptors (Lipinski definition) is 1. The van der Waals surface area contributed by atoms with E-state index in [1.807, 2.05) is 42.6 Å². The number of hydrogen-bond donors (Lipinski definition) is 1. The third-order valence-electron chi connectivity index (χ3n) is 3.33. The summed E-state index contributed by atoms with van der Waals surface area (Å²) in [7, 11) is 0. The summed E-state index contributed by atoms with van der Waals surface area (Å²) in [6, 6.07) is 15.2. The Morgan fingerprint density at radius 3 is 2.55 bits per heavy atom. The Morgan fingerprint density at radius 1 is 1.10 bits per heavy atom. The molecule has 100 valence electrons. The van der Waals surface area contributed by atoms with Gasteiger partial charge in [-0.1, -0.05) is 35.9 Å². The molecule has 0 bridgehead atoms. The molecule has 1 aromatic heterocycles. The van der Waals surface area contributed by atoms with Gasteiger partial charge in [-0.25, -0.2) is 0 Å². The Balaban J connectivity index is 1.95. The van der Waals surface area contributed by atoms with Crippen molar-refractivity contribution in [1.29, 1.82) is 0 Å². The minimum atomic E-state index is -0.411. The lowest BCUT2D eigenvalue weighted by molar-refractivity contribution is 0.100. The average molecular weight is 285 g/mol. The maximum atomic E-state index is 11.0. The van der Waals surface area contributed by atoms with Gasteiger partial charge in [0.15, 0.2) is 0 Å². The van der Waals surface area contributed by atoms with Crippen LogP contribution in [-0.2, 0) is 6.54 Å². The molecule has 4 heteroatoms. The van der Waals surface area contributed by atoms with E-state index in [9.17, 15) is 4.79 Å². The van der Waals surface area contributed by atoms with Crippen LogP contribution in [0.15, 0.2) is 54.7 Å². The fourth-order valence-electron chi connectivity index (χ4n) is 2.32. The van der Waals surface area contributed by atoms with E-state index < -0.39 is 5.91 Å². The van der Waals surface area contributed by atoms with Crippen LogP contribution in [0.25, 0.3) is 10.9 Å². The average Bonchev–Trinajstić information content (AvgIpc) is 2.84. The highest BCUT2D eigenvalue weighted by molar-refractivity contribution is 6.35. The van der Waals surface area contributed by atoms with Crippen LogP contribution in [0.5, 0.6) is 0 Å². The van der Waals surface area contributed by atoms with Gasteiger partial charge in [0, 0.05) is 23.7 Å². The van der Waals surface area contributed by atoms with Gasteiger partial charge in [-0.15, -0.1) is 0 Å². The van der Waals surface area contributed by atoms with Crippen LogP contribution in [0.4, 0.5) is 0 Å². The molecule has 3 rings (SSSR count). The first-order chi connectivity index (χ1) is 9.65. The topological polar surface area (TPSA) is 48.0 Å². The standard InChI is InChI=1S/C16H13ClN2O/c17-14-3-1-2-12-8-9-19(15(12)14)10-11-4-6-13(7-5-11)16(18)20/h1-9H,10H2,(H2,18,20). The summed E-state index contributed by atoms with van der Waals surface area (Å²) >= 11 is 6.25. The highest BCUT2D eigenvalue weighted by Crippen LogP contribution is 2.25. The van der Waals surface area contributed by atoms with E-state index in [0.717, 1.165) is 21.5 Å². The van der Waals surface area contributed by atoms with Crippen molar-refractivity contribution in [2.75, 3.05) is 0 Å². The molecule has 0 aliphatic rings. The van der Waals surface area contributed by atoms with E-state index in [4.69, 9.17) is 17.3 Å². The molecule has 1 heterocycles. The van der Waals surface area contributed by atoms with Crippen molar-refractivity contribution < 1.29 is 4.79 Å². The van der Waals surface area contributed by atoms with Crippen LogP contribution in [0.1, 0.15) is 15.9 Å². The maximum absolute atomic E-state index is 11.0. The molecule has 0 fully saturated rings. The second kappa shape index (κ2) is 5.02. The molecule has 0 unspecified atom stereocenters. The Morgan fingerprint density at radius 2 is 1.85 bits per heavy atom. The molecule has 3 nitrogen and oxygen atoms in total. The summed E-state index contributed by atoms with van der Waals surface area (Å²) < 4.78 is 2.09. The number of carbonyl (C=O) groups excluding carboxylic acids is 1. The normalized spacial score (nSPS) is 10.8. The fourth-order valence-corrected chi connectivity index (χ4v) is 2.61. The van der Waals surface area contributed by atoms with Crippen molar-refractivity contribution >= 4 is 28.4 Å². The zero-order chi connectivity index (χ0) is 14.1. The summed E-state index contributed by atoms with van der Waals surface area (Å²) in [4.78, 5) is 11.0. The van der Waals surface area contributed by atoms with Gasteiger partial charge in [-0.3, -0.25) is 4.79 Å². The number of aromatic nitrogens is 1. The first kappa shape index (κ1) is 12.8. The zero-order valence-electron chi connectivity index (χ0n) is 10.7.